The monoisotopic (exact) mass is 444 g/mol. The lowest BCUT2D eigenvalue weighted by Crippen LogP contribution is -2.44. The van der Waals surface area contributed by atoms with Crippen molar-refractivity contribution in [1.29, 1.82) is 0 Å². The number of carbonyl (C=O) groups excluding carboxylic acids is 2. The number of quaternary nitrogens is 2. The van der Waals surface area contributed by atoms with Gasteiger partial charge in [-0.25, -0.2) is 9.59 Å². The van der Waals surface area contributed by atoms with Gasteiger partial charge in [0.2, 0.25) is 13.5 Å². The Morgan fingerprint density at radius 1 is 0.862 bits per heavy atom. The molecule has 13 heteroatoms. The van der Waals surface area contributed by atoms with Gasteiger partial charge >= 0.3 is 11.9 Å². The molecule has 172 valence electrons. The number of nitrogens with zero attached hydrogens (tertiary/aromatic N) is 2. The SMILES string of the molecule is C=CC(=O)OC[N+](C)(C)CCO.C=CC(=O)OC[N+](C)(C)CCO.O=S(=O)([O-])[O-]. The largest absolute Gasteiger partial charge is 0.759 e. The Balaban J connectivity index is -0.000000380. The first-order chi connectivity index (χ1) is 13.0. The Bertz CT molecular complexity index is 557. The van der Waals surface area contributed by atoms with Crippen LogP contribution in [0.4, 0.5) is 0 Å². The molecule has 0 amide bonds. The van der Waals surface area contributed by atoms with Gasteiger partial charge in [-0.05, 0) is 0 Å². The number of aliphatic hydroxyl groups is 2. The second-order valence-corrected chi connectivity index (χ2v) is 7.58. The molecule has 29 heavy (non-hydrogen) atoms. The van der Waals surface area contributed by atoms with Crippen LogP contribution in [0.15, 0.2) is 25.3 Å². The number of rotatable bonds is 10. The highest BCUT2D eigenvalue weighted by atomic mass is 32.3. The number of hydrogen-bond donors (Lipinski definition) is 2. The van der Waals surface area contributed by atoms with E-state index in [0.717, 1.165) is 12.2 Å². The van der Waals surface area contributed by atoms with Crippen molar-refractivity contribution in [3.63, 3.8) is 0 Å². The van der Waals surface area contributed by atoms with Gasteiger partial charge < -0.3 is 28.8 Å². The number of carbonyl (C=O) groups is 2. The van der Waals surface area contributed by atoms with E-state index in [4.69, 9.17) is 37.2 Å². The van der Waals surface area contributed by atoms with Crippen molar-refractivity contribution in [2.75, 3.05) is 68.0 Å². The van der Waals surface area contributed by atoms with Crippen molar-refractivity contribution in [2.45, 2.75) is 0 Å². The molecule has 0 aromatic carbocycles. The van der Waals surface area contributed by atoms with Crippen molar-refractivity contribution < 1.29 is 55.8 Å². The van der Waals surface area contributed by atoms with Gasteiger partial charge in [-0.1, -0.05) is 13.2 Å². The predicted molar refractivity (Wildman–Crippen MR) is 101 cm³/mol. The Kier molecular flexibility index (Phi) is 17.5. The van der Waals surface area contributed by atoms with E-state index in [1.165, 1.54) is 0 Å². The highest BCUT2D eigenvalue weighted by Crippen LogP contribution is 1.97. The molecular weight excluding hydrogens is 412 g/mol. The smallest absolute Gasteiger partial charge is 0.334 e. The summed E-state index contributed by atoms with van der Waals surface area (Å²) in [7, 11) is 2.30. The van der Waals surface area contributed by atoms with Gasteiger partial charge in [0, 0.05) is 22.6 Å². The third-order valence-electron chi connectivity index (χ3n) is 2.86. The van der Waals surface area contributed by atoms with E-state index in [1.807, 2.05) is 28.2 Å². The van der Waals surface area contributed by atoms with Gasteiger partial charge in [-0.3, -0.25) is 17.4 Å². The fraction of sp³-hybridized carbons (Fsp3) is 0.625. The van der Waals surface area contributed by atoms with Crippen molar-refractivity contribution in [1.82, 2.24) is 0 Å². The average Bonchev–Trinajstić information content (AvgIpc) is 2.56. The van der Waals surface area contributed by atoms with Gasteiger partial charge in [-0.15, -0.1) is 0 Å². The lowest BCUT2D eigenvalue weighted by molar-refractivity contribution is -0.907. The number of ether oxygens (including phenoxy) is 2. The Morgan fingerprint density at radius 3 is 1.28 bits per heavy atom. The summed E-state index contributed by atoms with van der Waals surface area (Å²) in [4.78, 5) is 21.3. The van der Waals surface area contributed by atoms with Crippen molar-refractivity contribution in [3.8, 4) is 0 Å². The van der Waals surface area contributed by atoms with Crippen molar-refractivity contribution in [2.24, 2.45) is 0 Å². The Hall–Kier alpha value is -1.87. The first kappa shape index (κ1) is 31.8. The van der Waals surface area contributed by atoms with Gasteiger partial charge in [0.1, 0.15) is 13.1 Å². The minimum Gasteiger partial charge on any atom is -0.759 e. The summed E-state index contributed by atoms with van der Waals surface area (Å²) in [6.45, 7) is 8.35. The summed E-state index contributed by atoms with van der Waals surface area (Å²) in [5.74, 6) is -0.863. The normalized spacial score (nSPS) is 11.0. The van der Waals surface area contributed by atoms with E-state index in [1.54, 1.807) is 0 Å². The minimum absolute atomic E-state index is 0.0820. The van der Waals surface area contributed by atoms with Crippen LogP contribution in [0.5, 0.6) is 0 Å². The molecule has 0 spiro atoms. The summed E-state index contributed by atoms with van der Waals surface area (Å²) in [6, 6.07) is 0. The number of hydrogen-bond acceptors (Lipinski definition) is 10. The predicted octanol–water partition coefficient (Wildman–Crippen LogP) is -1.85. The number of aliphatic hydroxyl groups excluding tert-OH is 2. The molecule has 0 fully saturated rings. The molecule has 0 heterocycles. The van der Waals surface area contributed by atoms with E-state index in [0.29, 0.717) is 22.1 Å². The van der Waals surface area contributed by atoms with Crippen LogP contribution in [0, 0.1) is 0 Å². The quantitative estimate of drug-likeness (QED) is 0.0971. The summed E-state index contributed by atoms with van der Waals surface area (Å²) in [5.41, 5.74) is 0. The van der Waals surface area contributed by atoms with Gasteiger partial charge in [0.05, 0.1) is 41.4 Å². The van der Waals surface area contributed by atoms with Crippen LogP contribution in [-0.4, -0.2) is 117 Å². The van der Waals surface area contributed by atoms with Crippen LogP contribution in [0.1, 0.15) is 0 Å². The topological polar surface area (TPSA) is 173 Å². The van der Waals surface area contributed by atoms with Crippen LogP contribution in [0.2, 0.25) is 0 Å². The van der Waals surface area contributed by atoms with E-state index >= 15 is 0 Å². The summed E-state index contributed by atoms with van der Waals surface area (Å²) in [5, 5.41) is 17.3. The fourth-order valence-corrected chi connectivity index (χ4v) is 1.27. The zero-order valence-corrected chi connectivity index (χ0v) is 18.1. The number of likely N-dealkylation sites (N-methyl/N-ethyl adjacent to an activating group) is 2. The minimum atomic E-state index is -5.17. The second kappa shape index (κ2) is 16.0. The maximum atomic E-state index is 10.6. The molecule has 0 aliphatic rings. The molecule has 0 aromatic rings. The maximum Gasteiger partial charge on any atom is 0.334 e. The van der Waals surface area contributed by atoms with Crippen LogP contribution in [0.3, 0.4) is 0 Å². The van der Waals surface area contributed by atoms with Crippen molar-refractivity contribution in [3.05, 3.63) is 25.3 Å². The van der Waals surface area contributed by atoms with Crippen LogP contribution < -0.4 is 0 Å². The first-order valence-electron chi connectivity index (χ1n) is 8.14. The highest BCUT2D eigenvalue weighted by molar-refractivity contribution is 7.79. The molecule has 0 aliphatic carbocycles. The molecule has 0 saturated heterocycles. The van der Waals surface area contributed by atoms with E-state index in [2.05, 4.69) is 13.2 Å². The molecule has 12 nitrogen and oxygen atoms in total. The fourth-order valence-electron chi connectivity index (χ4n) is 1.27. The van der Waals surface area contributed by atoms with Crippen LogP contribution >= 0.6 is 0 Å². The molecular formula is C16H32N2O10S. The van der Waals surface area contributed by atoms with Gasteiger partial charge in [0.25, 0.3) is 0 Å². The lowest BCUT2D eigenvalue weighted by Gasteiger charge is -2.27. The van der Waals surface area contributed by atoms with Crippen LogP contribution in [0.25, 0.3) is 0 Å². The van der Waals surface area contributed by atoms with E-state index in [-0.39, 0.29) is 26.7 Å². The summed E-state index contributed by atoms with van der Waals surface area (Å²) >= 11 is 0. The van der Waals surface area contributed by atoms with E-state index < -0.39 is 22.3 Å². The maximum absolute atomic E-state index is 10.6. The van der Waals surface area contributed by atoms with Gasteiger partial charge in [0.15, 0.2) is 0 Å². The molecule has 0 radical (unpaired) electrons. The van der Waals surface area contributed by atoms with Crippen molar-refractivity contribution >= 4 is 22.3 Å². The zero-order valence-electron chi connectivity index (χ0n) is 17.3. The molecule has 0 rings (SSSR count). The third kappa shape index (κ3) is 31.1. The molecule has 0 bridgehead atoms. The summed E-state index contributed by atoms with van der Waals surface area (Å²) < 4.78 is 44.6. The van der Waals surface area contributed by atoms with E-state index in [9.17, 15) is 9.59 Å². The first-order valence-corrected chi connectivity index (χ1v) is 9.47. The molecule has 2 N–H and O–H groups in total. The Labute approximate surface area is 172 Å². The molecule has 0 aliphatic heterocycles. The zero-order chi connectivity index (χ0) is 23.7. The Morgan fingerprint density at radius 2 is 1.10 bits per heavy atom. The standard InChI is InChI=1S/2C8H16NO3.H2O4S/c2*1-4-8(11)12-7-9(2,3)5-6-10;1-5(2,3)4/h2*4,10H,1,5-7H2,2-3H3;(H2,1,2,3,4)/q2*+1;/p-2. The third-order valence-corrected chi connectivity index (χ3v) is 2.86. The molecule has 0 saturated carbocycles. The molecule has 0 atom stereocenters. The van der Waals surface area contributed by atoms with Gasteiger partial charge in [-0.2, -0.15) is 0 Å². The lowest BCUT2D eigenvalue weighted by atomic mass is 10.5. The number of esters is 2. The average molecular weight is 445 g/mol. The van der Waals surface area contributed by atoms with Crippen LogP contribution in [-0.2, 0) is 29.5 Å². The molecule has 0 unspecified atom stereocenters. The second-order valence-electron chi connectivity index (χ2n) is 6.77. The highest BCUT2D eigenvalue weighted by Gasteiger charge is 2.16. The summed E-state index contributed by atoms with van der Waals surface area (Å²) in [6.07, 6.45) is 2.25. The molecule has 0 aromatic heterocycles.